The summed E-state index contributed by atoms with van der Waals surface area (Å²) in [6.45, 7) is 0. The molecule has 0 aromatic heterocycles. The number of methoxy groups -OCH3 is 1. The molecule has 1 saturated carbocycles. The van der Waals surface area contributed by atoms with Gasteiger partial charge in [0.25, 0.3) is 11.8 Å². The van der Waals surface area contributed by atoms with Gasteiger partial charge in [-0.15, -0.1) is 23.2 Å². The highest BCUT2D eigenvalue weighted by atomic mass is 79.9. The third-order valence-electron chi connectivity index (χ3n) is 10.3. The van der Waals surface area contributed by atoms with Crippen LogP contribution in [0.4, 0.5) is 22.7 Å². The van der Waals surface area contributed by atoms with Gasteiger partial charge in [0.15, 0.2) is 9.75 Å². The maximum atomic E-state index is 14.4. The van der Waals surface area contributed by atoms with Crippen LogP contribution in [0.5, 0.6) is 11.5 Å². The van der Waals surface area contributed by atoms with Gasteiger partial charge in [-0.2, -0.15) is 10.2 Å². The summed E-state index contributed by atoms with van der Waals surface area (Å²) in [5.41, 5.74) is 3.17. The third kappa shape index (κ3) is 4.90. The molecule has 50 heavy (non-hydrogen) atoms. The van der Waals surface area contributed by atoms with Crippen LogP contribution in [0, 0.1) is 17.8 Å². The van der Waals surface area contributed by atoms with Gasteiger partial charge >= 0.3 is 0 Å². The Bertz CT molecular complexity index is 1990. The van der Waals surface area contributed by atoms with Gasteiger partial charge in [-0.05, 0) is 79.4 Å². The minimum atomic E-state index is -2.06. The summed E-state index contributed by atoms with van der Waals surface area (Å²) in [5.74, 6) is -5.82. The lowest BCUT2D eigenvalue weighted by molar-refractivity contribution is -0.138. The quantitative estimate of drug-likeness (QED) is 0.0918. The van der Waals surface area contributed by atoms with Crippen LogP contribution in [-0.4, -0.2) is 70.0 Å². The fourth-order valence-corrected chi connectivity index (χ4v) is 9.34. The van der Waals surface area contributed by atoms with Crippen molar-refractivity contribution in [1.82, 2.24) is 4.90 Å². The number of carbonyl (C=O) groups is 4. The highest BCUT2D eigenvalue weighted by Gasteiger charge is 2.76. The third-order valence-corrected chi connectivity index (χ3v) is 12.2. The molecule has 0 radical (unpaired) electrons. The number of fused-ring (bicyclic) bond motifs is 4. The molecule has 14 heteroatoms. The van der Waals surface area contributed by atoms with Gasteiger partial charge in [-0.3, -0.25) is 29.0 Å². The SMILES string of the molecule is COc1cccc(O)c1C1C2=CCC3C(=O)N(c4ccc(N=Nc5ccc(N(C)C)cc5)cc4)C(=O)C3C2CC2(Cl)C(=O)N(CBr)C(=O)C12Cl. The van der Waals surface area contributed by atoms with Crippen molar-refractivity contribution in [2.45, 2.75) is 28.5 Å². The Morgan fingerprint density at radius 2 is 1.56 bits per heavy atom. The van der Waals surface area contributed by atoms with E-state index in [2.05, 4.69) is 26.2 Å². The van der Waals surface area contributed by atoms with E-state index in [4.69, 9.17) is 27.9 Å². The smallest absolute Gasteiger partial charge is 0.254 e. The predicted molar refractivity (Wildman–Crippen MR) is 192 cm³/mol. The molecule has 2 saturated heterocycles. The average molecular weight is 781 g/mol. The van der Waals surface area contributed by atoms with Crippen molar-refractivity contribution in [3.05, 3.63) is 83.9 Å². The highest BCUT2D eigenvalue weighted by Crippen LogP contribution is 2.67. The number of likely N-dealkylation sites (tertiary alicyclic amines) is 1. The Morgan fingerprint density at radius 1 is 0.920 bits per heavy atom. The summed E-state index contributed by atoms with van der Waals surface area (Å²) in [5, 5.41) is 19.8. The van der Waals surface area contributed by atoms with Crippen LogP contribution in [0.15, 0.2) is 88.6 Å². The normalized spacial score (nSPS) is 28.9. The van der Waals surface area contributed by atoms with Crippen molar-refractivity contribution < 1.29 is 29.0 Å². The molecule has 0 bridgehead atoms. The number of anilines is 2. The fraction of sp³-hybridized carbons (Fsp3) is 0.333. The van der Waals surface area contributed by atoms with E-state index in [0.717, 1.165) is 10.6 Å². The monoisotopic (exact) mass is 779 g/mol. The number of azo groups is 1. The molecule has 6 unspecified atom stereocenters. The lowest BCUT2D eigenvalue weighted by atomic mass is 9.56. The van der Waals surface area contributed by atoms with Crippen molar-refractivity contribution in [2.24, 2.45) is 28.0 Å². The maximum absolute atomic E-state index is 14.4. The van der Waals surface area contributed by atoms with Crippen LogP contribution in [0.1, 0.15) is 24.3 Å². The number of hydrogen-bond donors (Lipinski definition) is 1. The summed E-state index contributed by atoms with van der Waals surface area (Å²) in [6.07, 6.45) is 1.81. The molecule has 2 heterocycles. The number of ether oxygens (including phenoxy) is 1. The number of allylic oxidation sites excluding steroid dienone is 2. The van der Waals surface area contributed by atoms with E-state index in [9.17, 15) is 24.3 Å². The number of alkyl halides is 3. The van der Waals surface area contributed by atoms with Gasteiger partial charge in [0.2, 0.25) is 11.8 Å². The number of benzene rings is 3. The van der Waals surface area contributed by atoms with Crippen molar-refractivity contribution in [3.63, 3.8) is 0 Å². The van der Waals surface area contributed by atoms with Crippen LogP contribution in [0.25, 0.3) is 0 Å². The van der Waals surface area contributed by atoms with E-state index >= 15 is 0 Å². The van der Waals surface area contributed by atoms with E-state index in [1.165, 1.54) is 18.1 Å². The number of carbonyl (C=O) groups excluding carboxylic acids is 4. The Kier molecular flexibility index (Phi) is 8.55. The van der Waals surface area contributed by atoms with E-state index in [1.54, 1.807) is 42.5 Å². The number of aromatic hydroxyl groups is 1. The molecule has 1 N–H and O–H groups in total. The number of imide groups is 2. The number of phenols is 1. The molecule has 2 aliphatic heterocycles. The molecule has 258 valence electrons. The minimum Gasteiger partial charge on any atom is -0.508 e. The van der Waals surface area contributed by atoms with Gasteiger partial charge in [0.1, 0.15) is 11.5 Å². The van der Waals surface area contributed by atoms with Crippen LogP contribution in [0.3, 0.4) is 0 Å². The molecular weight excluding hydrogens is 749 g/mol. The Balaban J connectivity index is 1.24. The zero-order valence-electron chi connectivity index (χ0n) is 27.2. The maximum Gasteiger partial charge on any atom is 0.254 e. The first-order chi connectivity index (χ1) is 23.9. The largest absolute Gasteiger partial charge is 0.508 e. The van der Waals surface area contributed by atoms with Crippen LogP contribution >= 0.6 is 39.1 Å². The Hall–Kier alpha value is -4.26. The summed E-state index contributed by atoms with van der Waals surface area (Å²) in [4.78, 5) is 56.3. The number of rotatable bonds is 7. The second kappa shape index (κ2) is 12.5. The van der Waals surface area contributed by atoms with Gasteiger partial charge in [-0.25, -0.2) is 0 Å². The van der Waals surface area contributed by atoms with Gasteiger partial charge in [0.05, 0.1) is 41.5 Å². The van der Waals surface area contributed by atoms with Crippen molar-refractivity contribution in [2.75, 3.05) is 36.5 Å². The molecule has 3 aromatic rings. The van der Waals surface area contributed by atoms with Gasteiger partial charge < -0.3 is 14.7 Å². The van der Waals surface area contributed by atoms with Gasteiger partial charge in [-0.1, -0.05) is 33.6 Å². The average Bonchev–Trinajstić information content (AvgIpc) is 3.45. The van der Waals surface area contributed by atoms with Crippen LogP contribution in [-0.2, 0) is 19.2 Å². The molecule has 11 nitrogen and oxygen atoms in total. The first kappa shape index (κ1) is 34.2. The summed E-state index contributed by atoms with van der Waals surface area (Å²) in [6, 6.07) is 18.8. The Labute approximate surface area is 306 Å². The molecule has 2 aliphatic carbocycles. The molecule has 0 spiro atoms. The molecular formula is C36H32BrCl2N5O6. The Morgan fingerprint density at radius 3 is 2.16 bits per heavy atom. The number of amides is 4. The fourth-order valence-electron chi connectivity index (χ4n) is 7.93. The molecule has 7 rings (SSSR count). The lowest BCUT2D eigenvalue weighted by Gasteiger charge is -2.50. The van der Waals surface area contributed by atoms with Crippen molar-refractivity contribution in [3.8, 4) is 11.5 Å². The first-order valence-electron chi connectivity index (χ1n) is 15.9. The first-order valence-corrected chi connectivity index (χ1v) is 17.8. The van der Waals surface area contributed by atoms with Crippen molar-refractivity contribution in [1.29, 1.82) is 0 Å². The summed E-state index contributed by atoms with van der Waals surface area (Å²) in [7, 11) is 5.32. The second-order valence-electron chi connectivity index (χ2n) is 13.0. The summed E-state index contributed by atoms with van der Waals surface area (Å²) < 4.78 is 5.61. The van der Waals surface area contributed by atoms with Crippen LogP contribution in [0.2, 0.25) is 0 Å². The lowest BCUT2D eigenvalue weighted by Crippen LogP contribution is -2.60. The summed E-state index contributed by atoms with van der Waals surface area (Å²) >= 11 is 17.8. The van der Waals surface area contributed by atoms with E-state index < -0.39 is 51.1 Å². The van der Waals surface area contributed by atoms with Crippen molar-refractivity contribution >= 4 is 85.5 Å². The highest BCUT2D eigenvalue weighted by molar-refractivity contribution is 9.09. The number of phenolic OH excluding ortho intramolecular Hbond substituents is 1. The molecule has 6 atom stereocenters. The molecule has 3 aromatic carbocycles. The second-order valence-corrected chi connectivity index (χ2v) is 14.8. The van der Waals surface area contributed by atoms with Crippen LogP contribution < -0.4 is 14.5 Å². The topological polar surface area (TPSA) is 132 Å². The molecule has 4 aliphatic rings. The minimum absolute atomic E-state index is 0.155. The zero-order valence-corrected chi connectivity index (χ0v) is 30.3. The van der Waals surface area contributed by atoms with E-state index in [0.29, 0.717) is 22.6 Å². The predicted octanol–water partition coefficient (Wildman–Crippen LogP) is 6.80. The number of nitrogens with zero attached hydrogens (tertiary/aromatic N) is 5. The van der Waals surface area contributed by atoms with E-state index in [1.807, 2.05) is 43.3 Å². The number of halogens is 3. The molecule has 3 fully saturated rings. The number of hydrogen-bond acceptors (Lipinski definition) is 9. The van der Waals surface area contributed by atoms with E-state index in [-0.39, 0.29) is 41.3 Å². The zero-order chi connectivity index (χ0) is 35.7. The standard InChI is InChI=1S/C36H32BrCl2N5O6/c1-42(2)21-11-7-19(8-12-21)40-41-20-9-13-22(14-10-20)44-31(46)24-16-15-23-25(28(24)32(44)47)17-35(38)33(48)43(18-37)34(49)36(35,39)30(23)29-26(45)5-4-6-27(29)50-3/h4-15,24-25,28,30,45H,16-18H2,1-3H3. The van der Waals surface area contributed by atoms with Gasteiger partial charge in [0, 0.05) is 31.3 Å². The molecule has 4 amide bonds.